The second-order valence-corrected chi connectivity index (χ2v) is 4.44. The fourth-order valence-electron chi connectivity index (χ4n) is 2.14. The minimum atomic E-state index is -4.50. The van der Waals surface area contributed by atoms with E-state index in [9.17, 15) is 18.0 Å². The highest BCUT2D eigenvalue weighted by atomic mass is 35.5. The summed E-state index contributed by atoms with van der Waals surface area (Å²) in [7, 11) is 0. The molecule has 7 heteroatoms. The van der Waals surface area contributed by atoms with E-state index in [1.54, 1.807) is 0 Å². The minimum Gasteiger partial charge on any atom is -0.337 e. The van der Waals surface area contributed by atoms with Crippen LogP contribution in [0, 0.1) is 0 Å². The molecule has 0 radical (unpaired) electrons. The summed E-state index contributed by atoms with van der Waals surface area (Å²) in [4.78, 5) is 13.7. The lowest BCUT2D eigenvalue weighted by molar-refractivity contribution is -0.138. The molecule has 0 aliphatic carbocycles. The standard InChI is InChI=1S/C13H15F3N2O.ClH/c14-13(15,16)11-5-2-1-4-10(11)12(19)18-8-3-6-17-7-9-18;/h1-2,4-5,17H,3,6-9H2;1H. The maximum atomic E-state index is 12.9. The van der Waals surface area contributed by atoms with E-state index in [2.05, 4.69) is 5.32 Å². The van der Waals surface area contributed by atoms with Gasteiger partial charge in [-0.05, 0) is 25.1 Å². The van der Waals surface area contributed by atoms with Gasteiger partial charge in [0.1, 0.15) is 0 Å². The van der Waals surface area contributed by atoms with Crippen LogP contribution in [0.4, 0.5) is 13.2 Å². The monoisotopic (exact) mass is 308 g/mol. The molecular weight excluding hydrogens is 293 g/mol. The van der Waals surface area contributed by atoms with Gasteiger partial charge in [0.2, 0.25) is 0 Å². The number of nitrogens with zero attached hydrogens (tertiary/aromatic N) is 1. The molecule has 0 unspecified atom stereocenters. The highest BCUT2D eigenvalue weighted by Gasteiger charge is 2.35. The summed E-state index contributed by atoms with van der Waals surface area (Å²) in [5, 5.41) is 3.11. The zero-order valence-electron chi connectivity index (χ0n) is 10.7. The van der Waals surface area contributed by atoms with Crippen molar-refractivity contribution >= 4 is 18.3 Å². The first kappa shape index (κ1) is 16.8. The Hall–Kier alpha value is -1.27. The van der Waals surface area contributed by atoms with Crippen molar-refractivity contribution in [1.82, 2.24) is 10.2 Å². The Morgan fingerprint density at radius 3 is 2.55 bits per heavy atom. The zero-order chi connectivity index (χ0) is 13.9. The largest absolute Gasteiger partial charge is 0.417 e. The van der Waals surface area contributed by atoms with Crippen molar-refractivity contribution in [3.8, 4) is 0 Å². The summed E-state index contributed by atoms with van der Waals surface area (Å²) in [5.41, 5.74) is -1.13. The third kappa shape index (κ3) is 3.86. The molecule has 112 valence electrons. The van der Waals surface area contributed by atoms with Crippen molar-refractivity contribution < 1.29 is 18.0 Å². The van der Waals surface area contributed by atoms with Gasteiger partial charge < -0.3 is 10.2 Å². The lowest BCUT2D eigenvalue weighted by Gasteiger charge is -2.22. The highest BCUT2D eigenvalue weighted by molar-refractivity contribution is 5.96. The Morgan fingerprint density at radius 1 is 1.15 bits per heavy atom. The number of carbonyl (C=O) groups excluding carboxylic acids is 1. The van der Waals surface area contributed by atoms with E-state index in [0.717, 1.165) is 19.0 Å². The quantitative estimate of drug-likeness (QED) is 0.865. The molecule has 20 heavy (non-hydrogen) atoms. The first-order valence-electron chi connectivity index (χ1n) is 6.16. The molecule has 0 bridgehead atoms. The minimum absolute atomic E-state index is 0. The van der Waals surface area contributed by atoms with E-state index >= 15 is 0 Å². The molecule has 2 rings (SSSR count). The Labute approximate surface area is 121 Å². The van der Waals surface area contributed by atoms with Crippen molar-refractivity contribution in [2.45, 2.75) is 12.6 Å². The van der Waals surface area contributed by atoms with Crippen LogP contribution < -0.4 is 5.32 Å². The van der Waals surface area contributed by atoms with Crippen LogP contribution in [-0.4, -0.2) is 37.0 Å². The van der Waals surface area contributed by atoms with Crippen LogP contribution in [0.3, 0.4) is 0 Å². The predicted octanol–water partition coefficient (Wildman–Crippen LogP) is 2.56. The van der Waals surface area contributed by atoms with Crippen molar-refractivity contribution in [1.29, 1.82) is 0 Å². The summed E-state index contributed by atoms with van der Waals surface area (Å²) < 4.78 is 38.6. The van der Waals surface area contributed by atoms with E-state index in [1.807, 2.05) is 0 Å². The number of carbonyl (C=O) groups is 1. The van der Waals surface area contributed by atoms with Crippen LogP contribution in [0.15, 0.2) is 24.3 Å². The molecule has 1 heterocycles. The molecule has 1 aromatic carbocycles. The first-order valence-corrected chi connectivity index (χ1v) is 6.16. The number of alkyl halides is 3. The van der Waals surface area contributed by atoms with Gasteiger partial charge in [0.25, 0.3) is 5.91 Å². The van der Waals surface area contributed by atoms with Gasteiger partial charge >= 0.3 is 6.18 Å². The Balaban J connectivity index is 0.00000200. The topological polar surface area (TPSA) is 32.3 Å². The number of hydrogen-bond acceptors (Lipinski definition) is 2. The van der Waals surface area contributed by atoms with Crippen LogP contribution >= 0.6 is 12.4 Å². The molecule has 1 aromatic rings. The molecule has 1 aliphatic rings. The molecule has 3 nitrogen and oxygen atoms in total. The van der Waals surface area contributed by atoms with Gasteiger partial charge in [-0.2, -0.15) is 13.2 Å². The molecule has 0 saturated carbocycles. The van der Waals surface area contributed by atoms with Crippen molar-refractivity contribution in [3.05, 3.63) is 35.4 Å². The van der Waals surface area contributed by atoms with Crippen LogP contribution in [0.1, 0.15) is 22.3 Å². The van der Waals surface area contributed by atoms with Gasteiger partial charge in [-0.3, -0.25) is 4.79 Å². The van der Waals surface area contributed by atoms with Crippen molar-refractivity contribution in [2.75, 3.05) is 26.2 Å². The number of halogens is 4. The van der Waals surface area contributed by atoms with E-state index in [1.165, 1.54) is 23.1 Å². The van der Waals surface area contributed by atoms with E-state index in [-0.39, 0.29) is 18.0 Å². The summed E-state index contributed by atoms with van der Waals surface area (Å²) in [6.45, 7) is 2.31. The number of amides is 1. The molecule has 0 spiro atoms. The number of benzene rings is 1. The Kier molecular flexibility index (Phi) is 5.83. The fraction of sp³-hybridized carbons (Fsp3) is 0.462. The predicted molar refractivity (Wildman–Crippen MR) is 72.1 cm³/mol. The van der Waals surface area contributed by atoms with E-state index < -0.39 is 17.6 Å². The van der Waals surface area contributed by atoms with Gasteiger partial charge in [-0.15, -0.1) is 12.4 Å². The van der Waals surface area contributed by atoms with Crippen LogP contribution in [-0.2, 0) is 6.18 Å². The summed E-state index contributed by atoms with van der Waals surface area (Å²) >= 11 is 0. The average Bonchev–Trinajstić information content (AvgIpc) is 2.66. The third-order valence-corrected chi connectivity index (χ3v) is 3.09. The van der Waals surface area contributed by atoms with Crippen LogP contribution in [0.25, 0.3) is 0 Å². The van der Waals surface area contributed by atoms with Crippen LogP contribution in [0.5, 0.6) is 0 Å². The second kappa shape index (κ2) is 6.95. The van der Waals surface area contributed by atoms with Gasteiger partial charge in [0, 0.05) is 19.6 Å². The SMILES string of the molecule is Cl.O=C(c1ccccc1C(F)(F)F)N1CCCNCC1. The lowest BCUT2D eigenvalue weighted by atomic mass is 10.1. The van der Waals surface area contributed by atoms with E-state index in [0.29, 0.717) is 19.6 Å². The summed E-state index contributed by atoms with van der Waals surface area (Å²) in [6, 6.07) is 4.94. The molecule has 1 saturated heterocycles. The fourth-order valence-corrected chi connectivity index (χ4v) is 2.14. The van der Waals surface area contributed by atoms with E-state index in [4.69, 9.17) is 0 Å². The van der Waals surface area contributed by atoms with Crippen molar-refractivity contribution in [3.63, 3.8) is 0 Å². The normalized spacial score (nSPS) is 16.2. The molecule has 0 atom stereocenters. The summed E-state index contributed by atoms with van der Waals surface area (Å²) in [5.74, 6) is -0.545. The zero-order valence-corrected chi connectivity index (χ0v) is 11.6. The van der Waals surface area contributed by atoms with Gasteiger partial charge in [-0.25, -0.2) is 0 Å². The molecule has 1 N–H and O–H groups in total. The molecular formula is C13H16ClF3N2O. The van der Waals surface area contributed by atoms with Crippen molar-refractivity contribution in [2.24, 2.45) is 0 Å². The maximum Gasteiger partial charge on any atom is 0.417 e. The highest BCUT2D eigenvalue weighted by Crippen LogP contribution is 2.32. The molecule has 1 aliphatic heterocycles. The third-order valence-electron chi connectivity index (χ3n) is 3.09. The molecule has 1 amide bonds. The number of hydrogen-bond donors (Lipinski definition) is 1. The van der Waals surface area contributed by atoms with Gasteiger partial charge in [-0.1, -0.05) is 12.1 Å². The maximum absolute atomic E-state index is 12.9. The molecule has 0 aromatic heterocycles. The van der Waals surface area contributed by atoms with Crippen LogP contribution in [0.2, 0.25) is 0 Å². The van der Waals surface area contributed by atoms with Gasteiger partial charge in [0.15, 0.2) is 0 Å². The average molecular weight is 309 g/mol. The smallest absolute Gasteiger partial charge is 0.337 e. The number of rotatable bonds is 1. The Bertz CT molecular complexity index is 457. The molecule has 1 fully saturated rings. The lowest BCUT2D eigenvalue weighted by Crippen LogP contribution is -2.35. The summed E-state index contributed by atoms with van der Waals surface area (Å²) in [6.07, 6.45) is -3.75. The first-order chi connectivity index (χ1) is 9.00. The Morgan fingerprint density at radius 2 is 1.85 bits per heavy atom. The number of nitrogens with one attached hydrogen (secondary N) is 1. The van der Waals surface area contributed by atoms with Gasteiger partial charge in [0.05, 0.1) is 11.1 Å². The second-order valence-electron chi connectivity index (χ2n) is 4.44.